The van der Waals surface area contributed by atoms with Crippen molar-refractivity contribution in [2.45, 2.75) is 128 Å². The summed E-state index contributed by atoms with van der Waals surface area (Å²) in [7, 11) is -3.51. The van der Waals surface area contributed by atoms with Gasteiger partial charge < -0.3 is 0 Å². The van der Waals surface area contributed by atoms with Crippen molar-refractivity contribution in [3.63, 3.8) is 0 Å². The maximum atomic E-state index is 10.6. The van der Waals surface area contributed by atoms with E-state index in [1.165, 1.54) is 101 Å². The SMILES string of the molecule is O=S(=O)(O)CCCCCCCCCCCCSSCCCCCCCCCCCCS(=O)(=O)O. The van der Waals surface area contributed by atoms with E-state index in [0.29, 0.717) is 12.8 Å². The van der Waals surface area contributed by atoms with Crippen LogP contribution in [0, 0.1) is 0 Å². The maximum absolute atomic E-state index is 10.6. The fourth-order valence-electron chi connectivity index (χ4n) is 3.84. The molecule has 0 bridgehead atoms. The van der Waals surface area contributed by atoms with Gasteiger partial charge in [0.2, 0.25) is 0 Å². The summed E-state index contributed by atoms with van der Waals surface area (Å²) in [5.74, 6) is 2.31. The normalized spacial score (nSPS) is 12.4. The smallest absolute Gasteiger partial charge is 0.264 e. The molecule has 0 aliphatic heterocycles. The largest absolute Gasteiger partial charge is 0.286 e. The Morgan fingerprint density at radius 2 is 0.559 bits per heavy atom. The molecule has 2 N–H and O–H groups in total. The molecule has 0 rings (SSSR count). The third-order valence-electron chi connectivity index (χ3n) is 5.84. The van der Waals surface area contributed by atoms with Crippen molar-refractivity contribution in [1.82, 2.24) is 0 Å². The van der Waals surface area contributed by atoms with Crippen molar-refractivity contribution in [3.05, 3.63) is 0 Å². The fourth-order valence-corrected chi connectivity index (χ4v) is 7.27. The minimum absolute atomic E-state index is 0.0990. The van der Waals surface area contributed by atoms with Crippen molar-refractivity contribution in [2.75, 3.05) is 23.0 Å². The molecule has 0 radical (unpaired) electrons. The van der Waals surface area contributed by atoms with Crippen molar-refractivity contribution < 1.29 is 25.9 Å². The van der Waals surface area contributed by atoms with Crippen LogP contribution in [0.15, 0.2) is 0 Å². The summed E-state index contributed by atoms with van der Waals surface area (Å²) in [6.07, 6.45) is 22.9. The van der Waals surface area contributed by atoms with E-state index in [9.17, 15) is 16.8 Å². The van der Waals surface area contributed by atoms with E-state index in [1.54, 1.807) is 0 Å². The quantitative estimate of drug-likeness (QED) is 0.0590. The molecular formula is C24H50O6S4. The van der Waals surface area contributed by atoms with Crippen molar-refractivity contribution in [2.24, 2.45) is 0 Å². The molecule has 0 aliphatic carbocycles. The summed E-state index contributed by atoms with van der Waals surface area (Å²) in [6.45, 7) is 0. The highest BCUT2D eigenvalue weighted by atomic mass is 33.1. The van der Waals surface area contributed by atoms with E-state index in [-0.39, 0.29) is 11.5 Å². The highest BCUT2D eigenvalue weighted by Gasteiger charge is 2.04. The molecule has 0 aromatic rings. The molecule has 10 heteroatoms. The Kier molecular flexibility index (Phi) is 24.3. The third-order valence-corrected chi connectivity index (χ3v) is 10.0. The Labute approximate surface area is 218 Å². The van der Waals surface area contributed by atoms with E-state index >= 15 is 0 Å². The Hall–Kier alpha value is 0.520. The fraction of sp³-hybridized carbons (Fsp3) is 1.00. The molecular weight excluding hydrogens is 513 g/mol. The lowest BCUT2D eigenvalue weighted by Crippen LogP contribution is -2.03. The van der Waals surface area contributed by atoms with Crippen molar-refractivity contribution >= 4 is 41.8 Å². The van der Waals surface area contributed by atoms with Crippen molar-refractivity contribution in [3.8, 4) is 0 Å². The summed E-state index contributed by atoms with van der Waals surface area (Å²) >= 11 is 0. The third kappa shape index (κ3) is 32.5. The van der Waals surface area contributed by atoms with Crippen LogP contribution in [0.1, 0.15) is 128 Å². The van der Waals surface area contributed by atoms with Crippen LogP contribution in [0.3, 0.4) is 0 Å². The molecule has 0 saturated carbocycles. The minimum atomic E-state index is -3.77. The maximum Gasteiger partial charge on any atom is 0.264 e. The molecule has 0 aliphatic rings. The molecule has 0 spiro atoms. The van der Waals surface area contributed by atoms with E-state index < -0.39 is 20.2 Å². The highest BCUT2D eigenvalue weighted by Crippen LogP contribution is 2.25. The van der Waals surface area contributed by atoms with Crippen LogP contribution < -0.4 is 0 Å². The molecule has 0 unspecified atom stereocenters. The number of unbranched alkanes of at least 4 members (excludes halogenated alkanes) is 18. The van der Waals surface area contributed by atoms with Gasteiger partial charge in [-0.3, -0.25) is 9.11 Å². The van der Waals surface area contributed by atoms with E-state index in [1.807, 2.05) is 21.6 Å². The zero-order valence-electron chi connectivity index (χ0n) is 21.1. The molecule has 0 atom stereocenters. The van der Waals surface area contributed by atoms with Gasteiger partial charge in [-0.15, -0.1) is 0 Å². The number of hydrogen-bond donors (Lipinski definition) is 2. The monoisotopic (exact) mass is 562 g/mol. The van der Waals surface area contributed by atoms with Crippen LogP contribution in [-0.2, 0) is 20.2 Å². The Balaban J connectivity index is 3.09. The molecule has 0 saturated heterocycles. The first-order valence-electron chi connectivity index (χ1n) is 13.4. The predicted octanol–water partition coefficient (Wildman–Crippen LogP) is 7.95. The van der Waals surface area contributed by atoms with Gasteiger partial charge in [0.05, 0.1) is 11.5 Å². The second-order valence-electron chi connectivity index (χ2n) is 9.29. The van der Waals surface area contributed by atoms with E-state index in [2.05, 4.69) is 0 Å². The van der Waals surface area contributed by atoms with Crippen LogP contribution in [-0.4, -0.2) is 49.0 Å². The van der Waals surface area contributed by atoms with Crippen LogP contribution >= 0.6 is 21.6 Å². The van der Waals surface area contributed by atoms with Gasteiger partial charge in [0, 0.05) is 11.5 Å². The molecule has 34 heavy (non-hydrogen) atoms. The Morgan fingerprint density at radius 1 is 0.353 bits per heavy atom. The summed E-state index contributed by atoms with van der Waals surface area (Å²) in [4.78, 5) is 0. The van der Waals surface area contributed by atoms with Gasteiger partial charge in [-0.05, 0) is 25.7 Å². The lowest BCUT2D eigenvalue weighted by Gasteiger charge is -2.04. The van der Waals surface area contributed by atoms with Gasteiger partial charge in [-0.2, -0.15) is 16.8 Å². The summed E-state index contributed by atoms with van der Waals surface area (Å²) in [5, 5.41) is 0. The van der Waals surface area contributed by atoms with Crippen LogP contribution in [0.25, 0.3) is 0 Å². The Morgan fingerprint density at radius 3 is 0.794 bits per heavy atom. The first-order valence-corrected chi connectivity index (χ1v) is 19.1. The summed E-state index contributed by atoms with van der Waals surface area (Å²) in [6, 6.07) is 0. The highest BCUT2D eigenvalue weighted by molar-refractivity contribution is 8.76. The molecule has 0 aromatic heterocycles. The van der Waals surface area contributed by atoms with Crippen LogP contribution in [0.4, 0.5) is 0 Å². The summed E-state index contributed by atoms with van der Waals surface area (Å²) < 4.78 is 59.8. The minimum Gasteiger partial charge on any atom is -0.286 e. The Bertz CT molecular complexity index is 582. The van der Waals surface area contributed by atoms with Crippen LogP contribution in [0.2, 0.25) is 0 Å². The van der Waals surface area contributed by atoms with E-state index in [0.717, 1.165) is 25.7 Å². The predicted molar refractivity (Wildman–Crippen MR) is 150 cm³/mol. The van der Waals surface area contributed by atoms with Gasteiger partial charge in [0.25, 0.3) is 20.2 Å². The van der Waals surface area contributed by atoms with Gasteiger partial charge in [0.15, 0.2) is 0 Å². The van der Waals surface area contributed by atoms with E-state index in [4.69, 9.17) is 9.11 Å². The first-order chi connectivity index (χ1) is 16.2. The molecule has 6 nitrogen and oxygen atoms in total. The number of hydrogen-bond acceptors (Lipinski definition) is 6. The number of rotatable bonds is 27. The van der Waals surface area contributed by atoms with Crippen molar-refractivity contribution in [1.29, 1.82) is 0 Å². The van der Waals surface area contributed by atoms with Gasteiger partial charge >= 0.3 is 0 Å². The average molecular weight is 563 g/mol. The molecule has 0 aromatic carbocycles. The van der Waals surface area contributed by atoms with Gasteiger partial charge in [-0.1, -0.05) is 124 Å². The molecule has 206 valence electrons. The van der Waals surface area contributed by atoms with Crippen LogP contribution in [0.5, 0.6) is 0 Å². The standard InChI is InChI=1S/C24H50O6S4/c25-33(26,27)23-19-15-11-7-3-1-5-9-13-17-21-31-32-22-18-14-10-6-2-4-8-12-16-20-24-34(28,29)30/h1-24H2,(H,25,26,27)(H,28,29,30). The first kappa shape index (κ1) is 34.5. The average Bonchev–Trinajstić information content (AvgIpc) is 2.74. The van der Waals surface area contributed by atoms with Gasteiger partial charge in [0.1, 0.15) is 0 Å². The second-order valence-corrected chi connectivity index (χ2v) is 15.1. The second kappa shape index (κ2) is 23.9. The zero-order chi connectivity index (χ0) is 25.4. The zero-order valence-corrected chi connectivity index (χ0v) is 24.4. The lowest BCUT2D eigenvalue weighted by molar-refractivity contribution is 0.476. The molecule has 0 heterocycles. The molecule has 0 fully saturated rings. The summed E-state index contributed by atoms with van der Waals surface area (Å²) in [5.41, 5.74) is 0. The lowest BCUT2D eigenvalue weighted by atomic mass is 10.1. The van der Waals surface area contributed by atoms with Gasteiger partial charge in [-0.25, -0.2) is 0 Å². The topological polar surface area (TPSA) is 109 Å². The molecule has 0 amide bonds.